The Morgan fingerprint density at radius 3 is 2.54 bits per heavy atom. The predicted octanol–water partition coefficient (Wildman–Crippen LogP) is 5.21. The highest BCUT2D eigenvalue weighted by atomic mass is 32.1. The van der Waals surface area contributed by atoms with E-state index >= 15 is 0 Å². The topological polar surface area (TPSA) is 44.1 Å². The normalized spacial score (nSPS) is 11.1. The summed E-state index contributed by atoms with van der Waals surface area (Å²) in [5, 5.41) is 0.689. The Kier molecular flexibility index (Phi) is 5.26. The van der Waals surface area contributed by atoms with Crippen molar-refractivity contribution in [3.8, 4) is 16.2 Å². The molecule has 0 fully saturated rings. The first-order chi connectivity index (χ1) is 13.6. The minimum Gasteiger partial charge on any atom is -0.494 e. The number of hydrogen-bond donors (Lipinski definition) is 0. The van der Waals surface area contributed by atoms with Gasteiger partial charge in [-0.25, -0.2) is 4.98 Å². The number of aromatic nitrogens is 2. The van der Waals surface area contributed by atoms with Crippen LogP contribution in [0.4, 0.5) is 0 Å². The van der Waals surface area contributed by atoms with Crippen LogP contribution in [-0.4, -0.2) is 16.2 Å². The van der Waals surface area contributed by atoms with Crippen LogP contribution < -0.4 is 10.3 Å². The molecule has 4 nitrogen and oxygen atoms in total. The number of hydrogen-bond acceptors (Lipinski definition) is 4. The molecular formula is C23H22N2O2S. The van der Waals surface area contributed by atoms with Crippen LogP contribution in [0, 0.1) is 13.8 Å². The third-order valence-electron chi connectivity index (χ3n) is 4.72. The molecule has 0 amide bonds. The SMILES string of the molecule is Cc1ccc(OCCCn2c(C)nc3sc(-c4ccccc4)cc3c2=O)cc1. The summed E-state index contributed by atoms with van der Waals surface area (Å²) in [7, 11) is 0. The molecule has 0 saturated heterocycles. The third-order valence-corrected chi connectivity index (χ3v) is 5.79. The zero-order valence-corrected chi connectivity index (χ0v) is 16.8. The van der Waals surface area contributed by atoms with E-state index in [0.29, 0.717) is 18.5 Å². The average molecular weight is 391 g/mol. The van der Waals surface area contributed by atoms with Gasteiger partial charge in [0.2, 0.25) is 0 Å². The maximum absolute atomic E-state index is 13.0. The number of fused-ring (bicyclic) bond motifs is 1. The largest absolute Gasteiger partial charge is 0.494 e. The highest BCUT2D eigenvalue weighted by Crippen LogP contribution is 2.30. The first-order valence-corrected chi connectivity index (χ1v) is 10.2. The zero-order chi connectivity index (χ0) is 19.5. The molecule has 2 aromatic carbocycles. The molecule has 0 bridgehead atoms. The molecule has 0 aliphatic carbocycles. The Labute approximate surface area is 168 Å². The van der Waals surface area contributed by atoms with Gasteiger partial charge in [0.1, 0.15) is 16.4 Å². The quantitative estimate of drug-likeness (QED) is 0.425. The summed E-state index contributed by atoms with van der Waals surface area (Å²) in [4.78, 5) is 19.5. The molecule has 0 N–H and O–H groups in total. The zero-order valence-electron chi connectivity index (χ0n) is 16.0. The monoisotopic (exact) mass is 390 g/mol. The van der Waals surface area contributed by atoms with E-state index in [1.54, 1.807) is 15.9 Å². The van der Waals surface area contributed by atoms with E-state index in [-0.39, 0.29) is 5.56 Å². The van der Waals surface area contributed by atoms with E-state index in [2.05, 4.69) is 24.0 Å². The van der Waals surface area contributed by atoms with Crippen molar-refractivity contribution in [2.24, 2.45) is 0 Å². The second-order valence-electron chi connectivity index (χ2n) is 6.83. The fraction of sp³-hybridized carbons (Fsp3) is 0.217. The molecule has 0 atom stereocenters. The molecule has 4 rings (SSSR count). The van der Waals surface area contributed by atoms with Crippen molar-refractivity contribution in [3.05, 3.63) is 82.4 Å². The molecule has 0 saturated carbocycles. The van der Waals surface area contributed by atoms with Gasteiger partial charge in [0.25, 0.3) is 5.56 Å². The number of ether oxygens (including phenoxy) is 1. The van der Waals surface area contributed by atoms with Gasteiger partial charge in [-0.05, 0) is 44.0 Å². The summed E-state index contributed by atoms with van der Waals surface area (Å²) in [6.07, 6.45) is 0.748. The van der Waals surface area contributed by atoms with Crippen LogP contribution in [0.5, 0.6) is 5.75 Å². The third kappa shape index (κ3) is 3.85. The summed E-state index contributed by atoms with van der Waals surface area (Å²) in [5.41, 5.74) is 2.34. The predicted molar refractivity (Wildman–Crippen MR) is 115 cm³/mol. The van der Waals surface area contributed by atoms with Gasteiger partial charge in [-0.1, -0.05) is 48.0 Å². The van der Waals surface area contributed by atoms with Crippen LogP contribution in [0.2, 0.25) is 0 Å². The van der Waals surface area contributed by atoms with E-state index in [1.807, 2.05) is 55.5 Å². The first-order valence-electron chi connectivity index (χ1n) is 9.38. The number of aryl methyl sites for hydroxylation is 2. The van der Waals surface area contributed by atoms with E-state index in [9.17, 15) is 4.79 Å². The van der Waals surface area contributed by atoms with Crippen LogP contribution in [0.25, 0.3) is 20.7 Å². The van der Waals surface area contributed by atoms with Gasteiger partial charge in [0.05, 0.1) is 12.0 Å². The molecule has 142 valence electrons. The molecule has 0 aliphatic rings. The molecule has 4 aromatic rings. The van der Waals surface area contributed by atoms with E-state index in [0.717, 1.165) is 33.3 Å². The van der Waals surface area contributed by atoms with Gasteiger partial charge in [0, 0.05) is 11.4 Å². The van der Waals surface area contributed by atoms with Crippen molar-refractivity contribution in [1.29, 1.82) is 0 Å². The van der Waals surface area contributed by atoms with Crippen LogP contribution in [0.3, 0.4) is 0 Å². The van der Waals surface area contributed by atoms with E-state index < -0.39 is 0 Å². The second kappa shape index (κ2) is 7.98. The van der Waals surface area contributed by atoms with Crippen molar-refractivity contribution in [3.63, 3.8) is 0 Å². The molecule has 0 spiro atoms. The summed E-state index contributed by atoms with van der Waals surface area (Å²) >= 11 is 1.57. The lowest BCUT2D eigenvalue weighted by molar-refractivity contribution is 0.300. The Bertz CT molecular complexity index is 1150. The Morgan fingerprint density at radius 1 is 1.04 bits per heavy atom. The lowest BCUT2D eigenvalue weighted by Crippen LogP contribution is -2.24. The van der Waals surface area contributed by atoms with E-state index in [4.69, 9.17) is 4.74 Å². The lowest BCUT2D eigenvalue weighted by atomic mass is 10.2. The first kappa shape index (κ1) is 18.4. The van der Waals surface area contributed by atoms with Gasteiger partial charge in [-0.15, -0.1) is 11.3 Å². The van der Waals surface area contributed by atoms with Crippen molar-refractivity contribution in [1.82, 2.24) is 9.55 Å². The Morgan fingerprint density at radius 2 is 1.79 bits per heavy atom. The second-order valence-corrected chi connectivity index (χ2v) is 7.86. The van der Waals surface area contributed by atoms with Crippen LogP contribution >= 0.6 is 11.3 Å². The van der Waals surface area contributed by atoms with Crippen molar-refractivity contribution in [2.75, 3.05) is 6.61 Å². The molecule has 0 aliphatic heterocycles. The summed E-state index contributed by atoms with van der Waals surface area (Å²) in [6.45, 7) is 5.10. The number of rotatable bonds is 6. The lowest BCUT2D eigenvalue weighted by Gasteiger charge is -2.10. The highest BCUT2D eigenvalue weighted by Gasteiger charge is 2.12. The smallest absolute Gasteiger partial charge is 0.262 e. The van der Waals surface area contributed by atoms with Crippen molar-refractivity contribution in [2.45, 2.75) is 26.8 Å². The van der Waals surface area contributed by atoms with Gasteiger partial charge >= 0.3 is 0 Å². The molecule has 0 unspecified atom stereocenters. The Hall–Kier alpha value is -2.92. The van der Waals surface area contributed by atoms with Gasteiger partial charge < -0.3 is 4.74 Å². The van der Waals surface area contributed by atoms with Crippen molar-refractivity contribution >= 4 is 21.6 Å². The van der Waals surface area contributed by atoms with Crippen LogP contribution in [0.1, 0.15) is 17.8 Å². The standard InChI is InChI=1S/C23H22N2O2S/c1-16-9-11-19(12-10-16)27-14-6-13-25-17(2)24-22-20(23(25)26)15-21(28-22)18-7-4-3-5-8-18/h3-5,7-12,15H,6,13-14H2,1-2H3. The molecular weight excluding hydrogens is 368 g/mol. The average Bonchev–Trinajstić information content (AvgIpc) is 3.13. The highest BCUT2D eigenvalue weighted by molar-refractivity contribution is 7.21. The van der Waals surface area contributed by atoms with Crippen LogP contribution in [0.15, 0.2) is 65.5 Å². The minimum absolute atomic E-state index is 0.0243. The molecule has 28 heavy (non-hydrogen) atoms. The Balaban J connectivity index is 1.51. The summed E-state index contributed by atoms with van der Waals surface area (Å²) in [6, 6.07) is 20.1. The number of thiophene rings is 1. The fourth-order valence-corrected chi connectivity index (χ4v) is 4.25. The fourth-order valence-electron chi connectivity index (χ4n) is 3.17. The summed E-state index contributed by atoms with van der Waals surface area (Å²) < 4.78 is 7.53. The summed E-state index contributed by atoms with van der Waals surface area (Å²) in [5.74, 6) is 1.60. The van der Waals surface area contributed by atoms with E-state index in [1.165, 1.54) is 5.56 Å². The minimum atomic E-state index is 0.0243. The van der Waals surface area contributed by atoms with Gasteiger partial charge in [-0.3, -0.25) is 9.36 Å². The van der Waals surface area contributed by atoms with Gasteiger partial charge in [0.15, 0.2) is 0 Å². The molecule has 2 aromatic heterocycles. The number of nitrogens with zero attached hydrogens (tertiary/aromatic N) is 2. The van der Waals surface area contributed by atoms with Gasteiger partial charge in [-0.2, -0.15) is 0 Å². The van der Waals surface area contributed by atoms with Crippen molar-refractivity contribution < 1.29 is 4.74 Å². The number of benzene rings is 2. The molecule has 2 heterocycles. The van der Waals surface area contributed by atoms with Crippen LogP contribution in [-0.2, 0) is 6.54 Å². The molecule has 0 radical (unpaired) electrons. The maximum atomic E-state index is 13.0. The molecule has 5 heteroatoms. The maximum Gasteiger partial charge on any atom is 0.262 e.